The average Bonchev–Trinajstić information content (AvgIpc) is 2.70. The molecule has 24 heavy (non-hydrogen) atoms. The van der Waals surface area contributed by atoms with Crippen molar-refractivity contribution in [3.8, 4) is 0 Å². The fourth-order valence-electron chi connectivity index (χ4n) is 2.33. The van der Waals surface area contributed by atoms with E-state index in [-0.39, 0.29) is 22.6 Å². The number of benzene rings is 1. The Morgan fingerprint density at radius 2 is 1.88 bits per heavy atom. The second kappa shape index (κ2) is 6.23. The maximum absolute atomic E-state index is 12.5. The van der Waals surface area contributed by atoms with Gasteiger partial charge in [0.1, 0.15) is 4.90 Å². The standard InChI is InChI=1S/C15H18N2O6S/c1-8(2)17-14(19)11-5-4-10(6-12(11)24(17,22)23)13(18)16-7-9(3)15(20)21/h4-6,8-9H,7H2,1-3H3,(H,16,18)(H,20,21). The van der Waals surface area contributed by atoms with Crippen LogP contribution in [0.2, 0.25) is 0 Å². The van der Waals surface area contributed by atoms with Crippen molar-refractivity contribution in [2.75, 3.05) is 6.54 Å². The highest BCUT2D eigenvalue weighted by molar-refractivity contribution is 7.90. The first-order valence-corrected chi connectivity index (χ1v) is 8.75. The van der Waals surface area contributed by atoms with Gasteiger partial charge in [0, 0.05) is 18.2 Å². The lowest BCUT2D eigenvalue weighted by molar-refractivity contribution is -0.140. The molecule has 2 amide bonds. The average molecular weight is 354 g/mol. The number of hydrogen-bond acceptors (Lipinski definition) is 5. The Bertz CT molecular complexity index is 815. The highest BCUT2D eigenvalue weighted by Crippen LogP contribution is 2.32. The number of carboxylic acid groups (broad SMARTS) is 1. The third-order valence-corrected chi connectivity index (χ3v) is 5.67. The van der Waals surface area contributed by atoms with Crippen LogP contribution in [0, 0.1) is 5.92 Å². The zero-order valence-electron chi connectivity index (χ0n) is 13.4. The predicted octanol–water partition coefficient (Wildman–Crippen LogP) is 0.690. The largest absolute Gasteiger partial charge is 0.481 e. The number of sulfonamides is 1. The third-order valence-electron chi connectivity index (χ3n) is 3.67. The van der Waals surface area contributed by atoms with Crippen molar-refractivity contribution < 1.29 is 27.9 Å². The van der Waals surface area contributed by atoms with Crippen LogP contribution in [-0.2, 0) is 14.8 Å². The van der Waals surface area contributed by atoms with Crippen LogP contribution in [0.3, 0.4) is 0 Å². The second-order valence-corrected chi connectivity index (χ2v) is 7.64. The van der Waals surface area contributed by atoms with Crippen molar-refractivity contribution in [1.29, 1.82) is 0 Å². The van der Waals surface area contributed by atoms with Gasteiger partial charge in [-0.25, -0.2) is 12.7 Å². The fraction of sp³-hybridized carbons (Fsp3) is 0.400. The van der Waals surface area contributed by atoms with Gasteiger partial charge in [0.15, 0.2) is 0 Å². The van der Waals surface area contributed by atoms with Gasteiger partial charge in [-0.05, 0) is 32.0 Å². The SMILES string of the molecule is CC(CNC(=O)c1ccc2c(c1)S(=O)(=O)N(C(C)C)C2=O)C(=O)O. The summed E-state index contributed by atoms with van der Waals surface area (Å²) in [4.78, 5) is 34.8. The number of nitrogens with zero attached hydrogens (tertiary/aromatic N) is 1. The van der Waals surface area contributed by atoms with Crippen LogP contribution in [0.4, 0.5) is 0 Å². The van der Waals surface area contributed by atoms with Crippen LogP contribution in [0.1, 0.15) is 41.5 Å². The highest BCUT2D eigenvalue weighted by atomic mass is 32.2. The van der Waals surface area contributed by atoms with Crippen LogP contribution in [0.25, 0.3) is 0 Å². The summed E-state index contributed by atoms with van der Waals surface area (Å²) in [7, 11) is -3.99. The Morgan fingerprint density at radius 1 is 1.25 bits per heavy atom. The lowest BCUT2D eigenvalue weighted by Gasteiger charge is -2.18. The van der Waals surface area contributed by atoms with Crippen LogP contribution >= 0.6 is 0 Å². The molecule has 1 aromatic carbocycles. The Kier molecular flexibility index (Phi) is 4.66. The molecule has 0 aliphatic carbocycles. The van der Waals surface area contributed by atoms with Gasteiger partial charge >= 0.3 is 5.97 Å². The number of amides is 2. The van der Waals surface area contributed by atoms with E-state index in [0.29, 0.717) is 0 Å². The maximum atomic E-state index is 12.5. The van der Waals surface area contributed by atoms with Crippen molar-refractivity contribution in [1.82, 2.24) is 9.62 Å². The molecule has 2 rings (SSSR count). The second-order valence-electron chi connectivity index (χ2n) is 5.86. The molecule has 1 heterocycles. The molecule has 0 saturated carbocycles. The van der Waals surface area contributed by atoms with Crippen LogP contribution in [0.5, 0.6) is 0 Å². The number of rotatable bonds is 5. The molecule has 1 aromatic rings. The summed E-state index contributed by atoms with van der Waals surface area (Å²) < 4.78 is 25.7. The monoisotopic (exact) mass is 354 g/mol. The summed E-state index contributed by atoms with van der Waals surface area (Å²) in [6.45, 7) is 4.52. The van der Waals surface area contributed by atoms with Crippen molar-refractivity contribution in [2.24, 2.45) is 5.92 Å². The summed E-state index contributed by atoms with van der Waals surface area (Å²) in [5.74, 6) is -3.04. The fourth-order valence-corrected chi connectivity index (χ4v) is 4.13. The van der Waals surface area contributed by atoms with Crippen LogP contribution in [0.15, 0.2) is 23.1 Å². The van der Waals surface area contributed by atoms with Crippen molar-refractivity contribution >= 4 is 27.8 Å². The Hall–Kier alpha value is -2.42. The minimum absolute atomic E-state index is 0.0270. The number of fused-ring (bicyclic) bond motifs is 1. The van der Waals surface area contributed by atoms with E-state index in [1.807, 2.05) is 0 Å². The maximum Gasteiger partial charge on any atom is 0.308 e. The number of carbonyl (C=O) groups is 3. The molecule has 1 aliphatic rings. The predicted molar refractivity (Wildman–Crippen MR) is 84.1 cm³/mol. The summed E-state index contributed by atoms with van der Waals surface area (Å²) in [6.07, 6.45) is 0. The van der Waals surface area contributed by atoms with Crippen LogP contribution in [-0.4, -0.2) is 48.2 Å². The molecule has 1 atom stereocenters. The molecule has 0 bridgehead atoms. The van der Waals surface area contributed by atoms with E-state index in [4.69, 9.17) is 5.11 Å². The molecule has 8 nitrogen and oxygen atoms in total. The number of nitrogens with one attached hydrogen (secondary N) is 1. The van der Waals surface area contributed by atoms with E-state index in [9.17, 15) is 22.8 Å². The molecule has 1 aliphatic heterocycles. The van der Waals surface area contributed by atoms with Gasteiger partial charge in [0.25, 0.3) is 21.8 Å². The van der Waals surface area contributed by atoms with Gasteiger partial charge < -0.3 is 10.4 Å². The summed E-state index contributed by atoms with van der Waals surface area (Å²) in [6, 6.07) is 3.25. The van der Waals surface area contributed by atoms with Gasteiger partial charge in [0.05, 0.1) is 11.5 Å². The van der Waals surface area contributed by atoms with Gasteiger partial charge in [-0.3, -0.25) is 14.4 Å². The van der Waals surface area contributed by atoms with E-state index >= 15 is 0 Å². The highest BCUT2D eigenvalue weighted by Gasteiger charge is 2.42. The van der Waals surface area contributed by atoms with Gasteiger partial charge in [-0.15, -0.1) is 0 Å². The molecule has 2 N–H and O–H groups in total. The van der Waals surface area contributed by atoms with E-state index in [2.05, 4.69) is 5.32 Å². The number of aliphatic carboxylic acids is 1. The molecule has 0 fully saturated rings. The number of carbonyl (C=O) groups excluding carboxylic acids is 2. The molecular formula is C15H18N2O6S. The molecule has 1 unspecified atom stereocenters. The lowest BCUT2D eigenvalue weighted by atomic mass is 10.1. The van der Waals surface area contributed by atoms with Crippen molar-refractivity contribution in [2.45, 2.75) is 31.7 Å². The first-order valence-electron chi connectivity index (χ1n) is 7.31. The third kappa shape index (κ3) is 2.99. The lowest BCUT2D eigenvalue weighted by Crippen LogP contribution is -2.36. The molecule has 0 saturated heterocycles. The zero-order chi connectivity index (χ0) is 18.2. The molecule has 0 spiro atoms. The van der Waals surface area contributed by atoms with Gasteiger partial charge in [0.2, 0.25) is 0 Å². The first kappa shape index (κ1) is 17.9. The molecule has 130 valence electrons. The van der Waals surface area contributed by atoms with Gasteiger partial charge in [-0.2, -0.15) is 0 Å². The van der Waals surface area contributed by atoms with Crippen molar-refractivity contribution in [3.05, 3.63) is 29.3 Å². The number of carboxylic acids is 1. The van der Waals surface area contributed by atoms with Crippen molar-refractivity contribution in [3.63, 3.8) is 0 Å². The Labute approximate surface area is 139 Å². The molecular weight excluding hydrogens is 336 g/mol. The first-order chi connectivity index (χ1) is 11.1. The summed E-state index contributed by atoms with van der Waals surface area (Å²) in [5, 5.41) is 11.2. The zero-order valence-corrected chi connectivity index (χ0v) is 14.3. The van der Waals surface area contributed by atoms with E-state index < -0.39 is 39.8 Å². The van der Waals surface area contributed by atoms with E-state index in [1.54, 1.807) is 13.8 Å². The van der Waals surface area contributed by atoms with E-state index in [0.717, 1.165) is 10.4 Å². The summed E-state index contributed by atoms with van der Waals surface area (Å²) >= 11 is 0. The topological polar surface area (TPSA) is 121 Å². The minimum Gasteiger partial charge on any atom is -0.481 e. The molecule has 0 radical (unpaired) electrons. The normalized spacial score (nSPS) is 16.8. The summed E-state index contributed by atoms with van der Waals surface area (Å²) in [5.41, 5.74) is 0.0764. The Balaban J connectivity index is 2.31. The molecule has 0 aromatic heterocycles. The molecule has 9 heteroatoms. The smallest absolute Gasteiger partial charge is 0.308 e. The quantitative estimate of drug-likeness (QED) is 0.802. The number of hydrogen-bond donors (Lipinski definition) is 2. The van der Waals surface area contributed by atoms with E-state index in [1.165, 1.54) is 19.1 Å². The minimum atomic E-state index is -3.99. The van der Waals surface area contributed by atoms with Crippen LogP contribution < -0.4 is 5.32 Å². The van der Waals surface area contributed by atoms with Gasteiger partial charge in [-0.1, -0.05) is 6.92 Å². The Morgan fingerprint density at radius 3 is 2.42 bits per heavy atom.